The summed E-state index contributed by atoms with van der Waals surface area (Å²) in [5.41, 5.74) is 1.83. The van der Waals surface area contributed by atoms with Gasteiger partial charge in [0, 0.05) is 32.1 Å². The molecule has 2 aliphatic rings. The summed E-state index contributed by atoms with van der Waals surface area (Å²) < 4.78 is 7.64. The van der Waals surface area contributed by atoms with Crippen LogP contribution in [0, 0.1) is 0 Å². The fraction of sp³-hybridized carbons (Fsp3) is 0.778. The largest absolute Gasteiger partial charge is 0.388 e. The van der Waals surface area contributed by atoms with Crippen LogP contribution >= 0.6 is 0 Å². The molecule has 1 saturated carbocycles. The number of hydrogen-bond acceptors (Lipinski definition) is 4. The minimum absolute atomic E-state index is 0.0489. The van der Waals surface area contributed by atoms with Crippen molar-refractivity contribution in [2.75, 3.05) is 13.6 Å². The van der Waals surface area contributed by atoms with Crippen LogP contribution in [-0.2, 0) is 17.7 Å². The molecule has 24 heavy (non-hydrogen) atoms. The van der Waals surface area contributed by atoms with Crippen LogP contribution in [0.5, 0.6) is 0 Å². The van der Waals surface area contributed by atoms with Crippen LogP contribution in [0.4, 0.5) is 0 Å². The smallest absolute Gasteiger partial charge is 0.272 e. The van der Waals surface area contributed by atoms with E-state index in [1.54, 1.807) is 16.6 Å². The average Bonchev–Trinajstić information content (AvgIpc) is 3.10. The first kappa shape index (κ1) is 17.4. The van der Waals surface area contributed by atoms with Crippen LogP contribution in [0.2, 0.25) is 0 Å². The first-order valence-electron chi connectivity index (χ1n) is 9.07. The van der Waals surface area contributed by atoms with Crippen molar-refractivity contribution >= 4 is 5.91 Å². The van der Waals surface area contributed by atoms with E-state index in [1.807, 2.05) is 20.8 Å². The van der Waals surface area contributed by atoms with E-state index in [1.165, 1.54) is 0 Å². The van der Waals surface area contributed by atoms with Gasteiger partial charge in [0.1, 0.15) is 5.69 Å². The number of rotatable bonds is 4. The topological polar surface area (TPSA) is 67.6 Å². The van der Waals surface area contributed by atoms with Crippen LogP contribution in [-0.4, -0.2) is 51.0 Å². The van der Waals surface area contributed by atoms with Crippen molar-refractivity contribution in [2.45, 2.75) is 77.2 Å². The van der Waals surface area contributed by atoms with E-state index in [9.17, 15) is 9.90 Å². The highest BCUT2D eigenvalue weighted by Crippen LogP contribution is 2.33. The Balaban J connectivity index is 1.89. The molecule has 0 spiro atoms. The minimum atomic E-state index is -0.731. The third-order valence-electron chi connectivity index (χ3n) is 5.31. The minimum Gasteiger partial charge on any atom is -0.388 e. The zero-order valence-corrected chi connectivity index (χ0v) is 15.2. The van der Waals surface area contributed by atoms with Gasteiger partial charge in [-0.1, -0.05) is 12.8 Å². The molecule has 1 fully saturated rings. The zero-order chi connectivity index (χ0) is 17.5. The number of aliphatic hydroxyl groups is 1. The van der Waals surface area contributed by atoms with Crippen molar-refractivity contribution in [3.63, 3.8) is 0 Å². The van der Waals surface area contributed by atoms with Crippen molar-refractivity contribution in [3.8, 4) is 0 Å². The van der Waals surface area contributed by atoms with Gasteiger partial charge in [0.25, 0.3) is 5.91 Å². The van der Waals surface area contributed by atoms with Crippen LogP contribution < -0.4 is 0 Å². The van der Waals surface area contributed by atoms with Gasteiger partial charge in [-0.05, 0) is 33.6 Å². The Labute approximate surface area is 143 Å². The molecular formula is C18H29N3O3. The summed E-state index contributed by atoms with van der Waals surface area (Å²) in [5.74, 6) is -0.0489. The fourth-order valence-corrected chi connectivity index (χ4v) is 4.15. The van der Waals surface area contributed by atoms with Gasteiger partial charge in [0.15, 0.2) is 0 Å². The van der Waals surface area contributed by atoms with Gasteiger partial charge < -0.3 is 14.7 Å². The van der Waals surface area contributed by atoms with Gasteiger partial charge >= 0.3 is 0 Å². The van der Waals surface area contributed by atoms with Crippen LogP contribution in [0.3, 0.4) is 0 Å². The van der Waals surface area contributed by atoms with Gasteiger partial charge in [-0.2, -0.15) is 5.10 Å². The molecule has 1 aromatic rings. The Morgan fingerprint density at radius 1 is 1.42 bits per heavy atom. The number of ether oxygens (including phenoxy) is 1. The molecule has 1 aliphatic heterocycles. The molecule has 0 unspecified atom stereocenters. The first-order valence-corrected chi connectivity index (χ1v) is 9.07. The molecule has 2 atom stereocenters. The number of hydrogen-bond donors (Lipinski definition) is 1. The molecule has 1 N–H and O–H groups in total. The maximum atomic E-state index is 13.1. The number of fused-ring (bicyclic) bond motifs is 1. The average molecular weight is 335 g/mol. The van der Waals surface area contributed by atoms with Gasteiger partial charge in [-0.3, -0.25) is 9.48 Å². The van der Waals surface area contributed by atoms with Gasteiger partial charge in [-0.15, -0.1) is 0 Å². The number of carbonyl (C=O) groups is 1. The van der Waals surface area contributed by atoms with E-state index in [0.29, 0.717) is 25.2 Å². The predicted octanol–water partition coefficient (Wildman–Crippen LogP) is 2.30. The summed E-state index contributed by atoms with van der Waals surface area (Å²) in [6, 6.07) is 0. The Bertz CT molecular complexity index is 619. The normalized spacial score (nSPS) is 25.5. The quantitative estimate of drug-likeness (QED) is 0.917. The maximum Gasteiger partial charge on any atom is 0.272 e. The molecular weight excluding hydrogens is 306 g/mol. The molecule has 1 aromatic heterocycles. The highest BCUT2D eigenvalue weighted by Gasteiger charge is 2.37. The summed E-state index contributed by atoms with van der Waals surface area (Å²) in [5, 5.41) is 15.2. The summed E-state index contributed by atoms with van der Waals surface area (Å²) in [6.45, 7) is 7.04. The monoisotopic (exact) mass is 335 g/mol. The lowest BCUT2D eigenvalue weighted by Crippen LogP contribution is -2.43. The maximum absolute atomic E-state index is 13.1. The molecule has 1 aliphatic carbocycles. The summed E-state index contributed by atoms with van der Waals surface area (Å²) in [7, 11) is 1.78. The van der Waals surface area contributed by atoms with E-state index in [-0.39, 0.29) is 18.1 Å². The Hall–Kier alpha value is -1.40. The molecule has 3 rings (SSSR count). The molecule has 2 heterocycles. The molecule has 6 heteroatoms. The highest BCUT2D eigenvalue weighted by atomic mass is 16.5. The lowest BCUT2D eigenvalue weighted by Gasteiger charge is -2.29. The first-order chi connectivity index (χ1) is 11.3. The molecule has 0 radical (unpaired) electrons. The molecule has 0 aromatic carbocycles. The Morgan fingerprint density at radius 3 is 2.71 bits per heavy atom. The molecule has 6 nitrogen and oxygen atoms in total. The van der Waals surface area contributed by atoms with Gasteiger partial charge in [0.2, 0.25) is 0 Å². The SMILES string of the molecule is CCn1nc2c(c1C(=O)N(C)CC1(O)CCCC1)C[C@H](C)O[C@@H]2C. The van der Waals surface area contributed by atoms with E-state index in [4.69, 9.17) is 4.74 Å². The second-order valence-corrected chi connectivity index (χ2v) is 7.41. The number of carbonyl (C=O) groups excluding carboxylic acids is 1. The number of amides is 1. The predicted molar refractivity (Wildman–Crippen MR) is 90.9 cm³/mol. The van der Waals surface area contributed by atoms with Crippen molar-refractivity contribution < 1.29 is 14.6 Å². The summed E-state index contributed by atoms with van der Waals surface area (Å²) >= 11 is 0. The molecule has 0 bridgehead atoms. The third-order valence-corrected chi connectivity index (χ3v) is 5.31. The van der Waals surface area contributed by atoms with Gasteiger partial charge in [-0.25, -0.2) is 0 Å². The molecule has 134 valence electrons. The van der Waals surface area contributed by atoms with Crippen molar-refractivity contribution in [2.24, 2.45) is 0 Å². The van der Waals surface area contributed by atoms with E-state index < -0.39 is 5.60 Å². The van der Waals surface area contributed by atoms with Crippen molar-refractivity contribution in [1.29, 1.82) is 0 Å². The standard InChI is InChI=1S/C18H29N3O3/c1-5-21-16(14-10-12(2)24-13(3)15(14)19-21)17(22)20(4)11-18(23)8-6-7-9-18/h12-13,23H,5-11H2,1-4H3/t12-,13+/m0/s1. The fourth-order valence-electron chi connectivity index (χ4n) is 4.15. The summed E-state index contributed by atoms with van der Waals surface area (Å²) in [4.78, 5) is 14.8. The molecule has 0 saturated heterocycles. The lowest BCUT2D eigenvalue weighted by molar-refractivity contribution is -0.00730. The van der Waals surface area contributed by atoms with Crippen LogP contribution in [0.15, 0.2) is 0 Å². The number of nitrogens with zero attached hydrogens (tertiary/aromatic N) is 3. The molecule has 1 amide bonds. The number of aryl methyl sites for hydroxylation is 1. The Kier molecular flexibility index (Phi) is 4.71. The van der Waals surface area contributed by atoms with Crippen molar-refractivity contribution in [1.82, 2.24) is 14.7 Å². The second-order valence-electron chi connectivity index (χ2n) is 7.41. The lowest BCUT2D eigenvalue weighted by atomic mass is 9.98. The van der Waals surface area contributed by atoms with Gasteiger partial charge in [0.05, 0.1) is 23.5 Å². The third kappa shape index (κ3) is 3.09. The van der Waals surface area contributed by atoms with E-state index in [0.717, 1.165) is 36.9 Å². The second kappa shape index (κ2) is 6.48. The number of aromatic nitrogens is 2. The van der Waals surface area contributed by atoms with Crippen LogP contribution in [0.1, 0.15) is 74.3 Å². The Morgan fingerprint density at radius 2 is 2.08 bits per heavy atom. The zero-order valence-electron chi connectivity index (χ0n) is 15.2. The van der Waals surface area contributed by atoms with E-state index >= 15 is 0 Å². The summed E-state index contributed by atoms with van der Waals surface area (Å²) in [6.07, 6.45) is 4.32. The van der Waals surface area contributed by atoms with Crippen molar-refractivity contribution in [3.05, 3.63) is 17.0 Å². The van der Waals surface area contributed by atoms with Crippen LogP contribution in [0.25, 0.3) is 0 Å². The highest BCUT2D eigenvalue weighted by molar-refractivity contribution is 5.94. The number of likely N-dealkylation sites (N-methyl/N-ethyl adjacent to an activating group) is 1. The van der Waals surface area contributed by atoms with E-state index in [2.05, 4.69) is 5.10 Å².